The number of aldehydes is 1. The summed E-state index contributed by atoms with van der Waals surface area (Å²) < 4.78 is 17.9. The fraction of sp³-hybridized carbons (Fsp3) is 0.417. The number of rotatable bonds is 3. The Balaban J connectivity index is 2.24. The second-order valence-corrected chi connectivity index (χ2v) is 4.01. The van der Waals surface area contributed by atoms with E-state index in [2.05, 4.69) is 0 Å². The molecule has 1 aliphatic carbocycles. The molecule has 0 N–H and O–H groups in total. The zero-order chi connectivity index (χ0) is 10.9. The molecule has 1 aromatic rings. The number of alkyl halides is 1. The fourth-order valence-electron chi connectivity index (χ4n) is 2.05. The number of carbonyl (C=O) groups excluding carboxylic acids is 1. The Kier molecular flexibility index (Phi) is 2.47. The van der Waals surface area contributed by atoms with E-state index in [0.717, 1.165) is 17.6 Å². The molecular weight excluding hydrogens is 195 g/mol. The molecule has 0 heterocycles. The van der Waals surface area contributed by atoms with Gasteiger partial charge in [-0.3, -0.25) is 0 Å². The summed E-state index contributed by atoms with van der Waals surface area (Å²) in [6.07, 6.45) is 0.647. The third kappa shape index (κ3) is 1.62. The highest BCUT2D eigenvalue weighted by molar-refractivity contribution is 5.71. The van der Waals surface area contributed by atoms with Crippen LogP contribution < -0.4 is 4.74 Å². The summed E-state index contributed by atoms with van der Waals surface area (Å²) in [5.41, 5.74) is 0.290. The summed E-state index contributed by atoms with van der Waals surface area (Å²) in [6, 6.07) is 7.26. The molecule has 1 saturated carbocycles. The maximum absolute atomic E-state index is 12.8. The van der Waals surface area contributed by atoms with Crippen molar-refractivity contribution in [3.8, 4) is 5.75 Å². The van der Waals surface area contributed by atoms with Crippen molar-refractivity contribution in [2.75, 3.05) is 7.11 Å². The Morgan fingerprint density at radius 1 is 1.40 bits per heavy atom. The first kappa shape index (κ1) is 10.1. The number of halogens is 1. The molecule has 0 spiro atoms. The minimum atomic E-state index is -0.836. The molecule has 15 heavy (non-hydrogen) atoms. The van der Waals surface area contributed by atoms with Crippen LogP contribution in [0.3, 0.4) is 0 Å². The van der Waals surface area contributed by atoms with Crippen LogP contribution in [0, 0.1) is 0 Å². The van der Waals surface area contributed by atoms with E-state index in [1.807, 2.05) is 12.1 Å². The Bertz CT molecular complexity index is 352. The van der Waals surface area contributed by atoms with Gasteiger partial charge in [-0.15, -0.1) is 0 Å². The maximum atomic E-state index is 12.8. The molecule has 0 bridgehead atoms. The van der Waals surface area contributed by atoms with Crippen molar-refractivity contribution in [1.82, 2.24) is 0 Å². The summed E-state index contributed by atoms with van der Waals surface area (Å²) in [7, 11) is 1.59. The maximum Gasteiger partial charge on any atom is 0.130 e. The van der Waals surface area contributed by atoms with Crippen molar-refractivity contribution in [1.29, 1.82) is 0 Å². The number of hydrogen-bond donors (Lipinski definition) is 0. The molecule has 0 amide bonds. The van der Waals surface area contributed by atoms with Crippen LogP contribution in [0.1, 0.15) is 18.4 Å². The van der Waals surface area contributed by atoms with Gasteiger partial charge in [0.2, 0.25) is 0 Å². The average Bonchev–Trinajstić information content (AvgIpc) is 2.25. The lowest BCUT2D eigenvalue weighted by Gasteiger charge is -2.40. The van der Waals surface area contributed by atoms with Crippen LogP contribution in [-0.4, -0.2) is 19.6 Å². The van der Waals surface area contributed by atoms with E-state index in [1.54, 1.807) is 19.2 Å². The van der Waals surface area contributed by atoms with E-state index in [-0.39, 0.29) is 0 Å². The van der Waals surface area contributed by atoms with Crippen LogP contribution in [0.5, 0.6) is 5.75 Å². The summed E-state index contributed by atoms with van der Waals surface area (Å²) in [6.45, 7) is 0. The number of ether oxygens (including phenoxy) is 1. The fourth-order valence-corrected chi connectivity index (χ4v) is 2.05. The minimum Gasteiger partial charge on any atom is -0.497 e. The van der Waals surface area contributed by atoms with Gasteiger partial charge in [-0.2, -0.15) is 0 Å². The van der Waals surface area contributed by atoms with Crippen molar-refractivity contribution >= 4 is 6.29 Å². The highest BCUT2D eigenvalue weighted by Gasteiger charge is 2.45. The lowest BCUT2D eigenvalue weighted by molar-refractivity contribution is -0.117. The molecule has 1 aromatic carbocycles. The van der Waals surface area contributed by atoms with Gasteiger partial charge in [-0.1, -0.05) is 12.1 Å². The van der Waals surface area contributed by atoms with Gasteiger partial charge in [0.1, 0.15) is 18.2 Å². The molecule has 0 saturated heterocycles. The van der Waals surface area contributed by atoms with Crippen LogP contribution in [0.4, 0.5) is 4.39 Å². The summed E-state index contributed by atoms with van der Waals surface area (Å²) in [5, 5.41) is 0. The minimum absolute atomic E-state index is 0.308. The molecule has 1 fully saturated rings. The second-order valence-electron chi connectivity index (χ2n) is 4.01. The van der Waals surface area contributed by atoms with E-state index < -0.39 is 11.6 Å². The monoisotopic (exact) mass is 208 g/mol. The Morgan fingerprint density at radius 2 is 2.00 bits per heavy atom. The van der Waals surface area contributed by atoms with Gasteiger partial charge in [0.25, 0.3) is 0 Å². The number of carbonyl (C=O) groups is 1. The van der Waals surface area contributed by atoms with Crippen molar-refractivity contribution in [2.45, 2.75) is 24.4 Å². The lowest BCUT2D eigenvalue weighted by atomic mass is 9.64. The number of hydrogen-bond acceptors (Lipinski definition) is 2. The second kappa shape index (κ2) is 3.65. The zero-order valence-electron chi connectivity index (χ0n) is 8.57. The van der Waals surface area contributed by atoms with Crippen LogP contribution in [0.15, 0.2) is 24.3 Å². The largest absolute Gasteiger partial charge is 0.497 e. The van der Waals surface area contributed by atoms with Gasteiger partial charge < -0.3 is 9.53 Å². The molecular formula is C12H13FO2. The van der Waals surface area contributed by atoms with Gasteiger partial charge in [-0.25, -0.2) is 4.39 Å². The molecule has 80 valence electrons. The van der Waals surface area contributed by atoms with E-state index >= 15 is 0 Å². The molecule has 3 heteroatoms. The highest BCUT2D eigenvalue weighted by atomic mass is 19.1. The molecule has 2 nitrogen and oxygen atoms in total. The van der Waals surface area contributed by atoms with Gasteiger partial charge in [0, 0.05) is 0 Å². The molecule has 0 aromatic heterocycles. The molecule has 0 aliphatic heterocycles. The van der Waals surface area contributed by atoms with Crippen molar-refractivity contribution in [2.24, 2.45) is 0 Å². The van der Waals surface area contributed by atoms with E-state index in [0.29, 0.717) is 12.8 Å². The van der Waals surface area contributed by atoms with Gasteiger partial charge >= 0.3 is 0 Å². The lowest BCUT2D eigenvalue weighted by Crippen LogP contribution is -2.43. The topological polar surface area (TPSA) is 26.3 Å². The third-order valence-electron chi connectivity index (χ3n) is 3.06. The Labute approximate surface area is 88.1 Å². The summed E-state index contributed by atoms with van der Waals surface area (Å²) in [5.74, 6) is 0.746. The Hall–Kier alpha value is -1.38. The molecule has 0 atom stereocenters. The molecule has 2 rings (SSSR count). The first-order valence-electron chi connectivity index (χ1n) is 4.95. The first-order valence-corrected chi connectivity index (χ1v) is 4.95. The van der Waals surface area contributed by atoms with Gasteiger partial charge in [0.05, 0.1) is 12.5 Å². The summed E-state index contributed by atoms with van der Waals surface area (Å²) >= 11 is 0. The van der Waals surface area contributed by atoms with E-state index in [1.165, 1.54) is 0 Å². The van der Waals surface area contributed by atoms with Crippen molar-refractivity contribution in [3.63, 3.8) is 0 Å². The van der Waals surface area contributed by atoms with Crippen LogP contribution in [0.25, 0.3) is 0 Å². The average molecular weight is 208 g/mol. The zero-order valence-corrected chi connectivity index (χ0v) is 8.57. The standard InChI is InChI=1S/C12H13FO2/c1-15-11-4-2-9(3-5-11)12(8-14)6-10(13)7-12/h2-5,8,10H,6-7H2,1H3. The smallest absolute Gasteiger partial charge is 0.130 e. The SMILES string of the molecule is COc1ccc(C2(C=O)CC(F)C2)cc1. The normalized spacial score (nSPS) is 29.3. The van der Waals surface area contributed by atoms with Crippen molar-refractivity contribution in [3.05, 3.63) is 29.8 Å². The Morgan fingerprint density at radius 3 is 2.40 bits per heavy atom. The van der Waals surface area contributed by atoms with Crippen LogP contribution in [-0.2, 0) is 10.2 Å². The third-order valence-corrected chi connectivity index (χ3v) is 3.06. The molecule has 0 radical (unpaired) electrons. The highest BCUT2D eigenvalue weighted by Crippen LogP contribution is 2.44. The predicted octanol–water partition coefficient (Wildman–Crippen LogP) is 2.26. The molecule has 0 unspecified atom stereocenters. The number of benzene rings is 1. The van der Waals surface area contributed by atoms with Crippen LogP contribution >= 0.6 is 0 Å². The van der Waals surface area contributed by atoms with E-state index in [4.69, 9.17) is 4.74 Å². The first-order chi connectivity index (χ1) is 7.20. The van der Waals surface area contributed by atoms with Gasteiger partial charge in [0.15, 0.2) is 0 Å². The molecule has 1 aliphatic rings. The predicted molar refractivity (Wildman–Crippen MR) is 54.9 cm³/mol. The van der Waals surface area contributed by atoms with Gasteiger partial charge in [-0.05, 0) is 30.5 Å². The van der Waals surface area contributed by atoms with Crippen molar-refractivity contribution < 1.29 is 13.9 Å². The summed E-state index contributed by atoms with van der Waals surface area (Å²) in [4.78, 5) is 11.0. The van der Waals surface area contributed by atoms with Crippen LogP contribution in [0.2, 0.25) is 0 Å². The number of methoxy groups -OCH3 is 1. The van der Waals surface area contributed by atoms with E-state index in [9.17, 15) is 9.18 Å². The quantitative estimate of drug-likeness (QED) is 0.712.